The zero-order valence-corrected chi connectivity index (χ0v) is 26.5. The summed E-state index contributed by atoms with van der Waals surface area (Å²) in [7, 11) is 1.86. The van der Waals surface area contributed by atoms with Crippen LogP contribution in [0.4, 0.5) is 4.39 Å². The fourth-order valence-electron chi connectivity index (χ4n) is 5.90. The standard InChI is InChI=1S/C34H38BrFN4O3/c1-4-42-34(41)33-25(14-10-20-43-29-15-9-12-23-11-5-6-13-24(23)29)26-16-17-27(36)31(32(26)40(33)19-8-7-18-37)30-22(2)39(3)38-28(30)21-35/h5-6,9,11-13,15-17H,4,7-8,10,14,18-21,37H2,1-3H3. The Morgan fingerprint density at radius 2 is 1.81 bits per heavy atom. The van der Waals surface area contributed by atoms with E-state index in [1.54, 1.807) is 17.7 Å². The second kappa shape index (κ2) is 13.7. The third kappa shape index (κ3) is 6.06. The number of hydrogen-bond donors (Lipinski definition) is 1. The molecule has 9 heteroatoms. The molecule has 5 rings (SSSR count). The number of ether oxygens (including phenoxy) is 2. The first-order valence-electron chi connectivity index (χ1n) is 14.8. The molecule has 0 spiro atoms. The van der Waals surface area contributed by atoms with E-state index < -0.39 is 5.97 Å². The fraction of sp³-hybridized carbons (Fsp3) is 0.353. The van der Waals surface area contributed by atoms with Crippen LogP contribution in [0.1, 0.15) is 53.6 Å². The summed E-state index contributed by atoms with van der Waals surface area (Å²) in [5.41, 5.74) is 10.6. The molecule has 0 radical (unpaired) electrons. The molecule has 0 aliphatic carbocycles. The van der Waals surface area contributed by atoms with Crippen LogP contribution in [0.25, 0.3) is 32.8 Å². The fourth-order valence-corrected chi connectivity index (χ4v) is 6.29. The number of hydrogen-bond acceptors (Lipinski definition) is 5. The number of aromatic nitrogens is 3. The van der Waals surface area contributed by atoms with E-state index >= 15 is 4.39 Å². The molecule has 0 bridgehead atoms. The molecule has 2 heterocycles. The molecule has 43 heavy (non-hydrogen) atoms. The Labute approximate surface area is 259 Å². The van der Waals surface area contributed by atoms with Gasteiger partial charge in [-0.1, -0.05) is 52.3 Å². The van der Waals surface area contributed by atoms with Gasteiger partial charge in [0.05, 0.1) is 24.4 Å². The van der Waals surface area contributed by atoms with Gasteiger partial charge in [0.1, 0.15) is 17.3 Å². The molecular weight excluding hydrogens is 611 g/mol. The Bertz CT molecular complexity index is 1760. The molecule has 7 nitrogen and oxygen atoms in total. The summed E-state index contributed by atoms with van der Waals surface area (Å²) in [5.74, 6) is 0.0580. The maximum atomic E-state index is 16.0. The van der Waals surface area contributed by atoms with Crippen molar-refractivity contribution in [3.8, 4) is 16.9 Å². The maximum Gasteiger partial charge on any atom is 0.355 e. The van der Waals surface area contributed by atoms with Crippen molar-refractivity contribution in [2.45, 2.75) is 51.4 Å². The zero-order valence-electron chi connectivity index (χ0n) is 25.0. The van der Waals surface area contributed by atoms with E-state index in [9.17, 15) is 4.79 Å². The smallest absolute Gasteiger partial charge is 0.355 e. The van der Waals surface area contributed by atoms with E-state index in [0.717, 1.165) is 57.3 Å². The lowest BCUT2D eigenvalue weighted by Gasteiger charge is -2.14. The highest BCUT2D eigenvalue weighted by molar-refractivity contribution is 9.08. The van der Waals surface area contributed by atoms with Crippen molar-refractivity contribution in [2.24, 2.45) is 12.8 Å². The number of unbranched alkanes of at least 4 members (excludes halogenated alkanes) is 1. The topological polar surface area (TPSA) is 84.3 Å². The lowest BCUT2D eigenvalue weighted by molar-refractivity contribution is 0.0512. The van der Waals surface area contributed by atoms with Crippen LogP contribution in [0.5, 0.6) is 5.75 Å². The number of nitrogens with zero attached hydrogens (tertiary/aromatic N) is 3. The molecule has 0 saturated carbocycles. The Morgan fingerprint density at radius 3 is 2.58 bits per heavy atom. The van der Waals surface area contributed by atoms with Crippen LogP contribution >= 0.6 is 15.9 Å². The number of alkyl halides is 1. The van der Waals surface area contributed by atoms with E-state index in [0.29, 0.717) is 54.6 Å². The van der Waals surface area contributed by atoms with Crippen LogP contribution in [0, 0.1) is 12.7 Å². The zero-order chi connectivity index (χ0) is 30.5. The number of carbonyl (C=O) groups excluding carboxylic acids is 1. The monoisotopic (exact) mass is 648 g/mol. The number of benzene rings is 3. The lowest BCUT2D eigenvalue weighted by Crippen LogP contribution is -2.16. The quantitative estimate of drug-likeness (QED) is 0.0814. The minimum Gasteiger partial charge on any atom is -0.493 e. The van der Waals surface area contributed by atoms with Crippen LogP contribution in [0.2, 0.25) is 0 Å². The Balaban J connectivity index is 1.61. The molecule has 226 valence electrons. The SMILES string of the molecule is CCOC(=O)c1c(CCCOc2cccc3ccccc23)c2ccc(F)c(-c3c(CBr)nn(C)c3C)c2n1CCCCN. The van der Waals surface area contributed by atoms with Crippen LogP contribution in [-0.2, 0) is 30.1 Å². The summed E-state index contributed by atoms with van der Waals surface area (Å²) in [6.07, 6.45) is 2.73. The van der Waals surface area contributed by atoms with Gasteiger partial charge in [-0.2, -0.15) is 5.10 Å². The first-order valence-corrected chi connectivity index (χ1v) is 15.9. The van der Waals surface area contributed by atoms with Gasteiger partial charge < -0.3 is 19.8 Å². The second-order valence-electron chi connectivity index (χ2n) is 10.6. The van der Waals surface area contributed by atoms with Gasteiger partial charge in [-0.3, -0.25) is 4.68 Å². The molecule has 0 fully saturated rings. The Kier molecular flexibility index (Phi) is 9.82. The minimum absolute atomic E-state index is 0.240. The summed E-state index contributed by atoms with van der Waals surface area (Å²) >= 11 is 3.54. The predicted molar refractivity (Wildman–Crippen MR) is 173 cm³/mol. The Morgan fingerprint density at radius 1 is 1.02 bits per heavy atom. The van der Waals surface area contributed by atoms with Crippen molar-refractivity contribution in [3.63, 3.8) is 0 Å². The van der Waals surface area contributed by atoms with E-state index in [4.69, 9.17) is 15.2 Å². The van der Waals surface area contributed by atoms with Gasteiger partial charge in [-0.25, -0.2) is 9.18 Å². The summed E-state index contributed by atoms with van der Waals surface area (Å²) in [6, 6.07) is 17.4. The third-order valence-electron chi connectivity index (χ3n) is 7.94. The molecule has 0 unspecified atom stereocenters. The predicted octanol–water partition coefficient (Wildman–Crippen LogP) is 7.46. The molecule has 0 aliphatic rings. The van der Waals surface area contributed by atoms with Crippen molar-refractivity contribution in [1.82, 2.24) is 14.3 Å². The number of nitrogens with two attached hydrogens (primary N) is 1. The van der Waals surface area contributed by atoms with Crippen LogP contribution < -0.4 is 10.5 Å². The summed E-state index contributed by atoms with van der Waals surface area (Å²) in [5, 5.41) is 8.11. The highest BCUT2D eigenvalue weighted by Crippen LogP contribution is 2.40. The molecule has 2 aromatic heterocycles. The molecule has 0 atom stereocenters. The lowest BCUT2D eigenvalue weighted by atomic mass is 9.98. The van der Waals surface area contributed by atoms with Gasteiger partial charge in [0.2, 0.25) is 0 Å². The summed E-state index contributed by atoms with van der Waals surface area (Å²) in [6.45, 7) is 5.47. The number of rotatable bonds is 13. The number of halogens is 2. The van der Waals surface area contributed by atoms with Crippen LogP contribution in [0.15, 0.2) is 54.6 Å². The average Bonchev–Trinajstić information content (AvgIpc) is 3.48. The van der Waals surface area contributed by atoms with E-state index in [1.807, 2.05) is 42.8 Å². The van der Waals surface area contributed by atoms with Gasteiger partial charge in [0.25, 0.3) is 0 Å². The van der Waals surface area contributed by atoms with E-state index in [1.165, 1.54) is 6.07 Å². The molecular formula is C34H38BrFN4O3. The summed E-state index contributed by atoms with van der Waals surface area (Å²) in [4.78, 5) is 13.6. The van der Waals surface area contributed by atoms with Crippen LogP contribution in [-0.4, -0.2) is 40.1 Å². The van der Waals surface area contributed by atoms with Gasteiger partial charge in [0, 0.05) is 46.5 Å². The van der Waals surface area contributed by atoms with Gasteiger partial charge >= 0.3 is 5.97 Å². The first-order chi connectivity index (χ1) is 20.9. The van der Waals surface area contributed by atoms with E-state index in [-0.39, 0.29) is 12.4 Å². The second-order valence-corrected chi connectivity index (χ2v) is 11.2. The molecule has 3 aromatic carbocycles. The van der Waals surface area contributed by atoms with Crippen molar-refractivity contribution in [1.29, 1.82) is 0 Å². The summed E-state index contributed by atoms with van der Waals surface area (Å²) < 4.78 is 31.5. The molecule has 2 N–H and O–H groups in total. The largest absolute Gasteiger partial charge is 0.493 e. The van der Waals surface area contributed by atoms with Gasteiger partial charge in [-0.15, -0.1) is 0 Å². The van der Waals surface area contributed by atoms with Crippen LogP contribution in [0.3, 0.4) is 0 Å². The highest BCUT2D eigenvalue weighted by atomic mass is 79.9. The average molecular weight is 650 g/mol. The molecule has 0 aliphatic heterocycles. The van der Waals surface area contributed by atoms with Crippen molar-refractivity contribution in [3.05, 3.63) is 83.1 Å². The number of carbonyl (C=O) groups is 1. The van der Waals surface area contributed by atoms with Gasteiger partial charge in [-0.05, 0) is 75.2 Å². The molecule has 0 amide bonds. The third-order valence-corrected chi connectivity index (χ3v) is 8.48. The number of fused-ring (bicyclic) bond motifs is 2. The van der Waals surface area contributed by atoms with Crippen molar-refractivity contribution in [2.75, 3.05) is 19.8 Å². The number of aryl methyl sites for hydroxylation is 3. The van der Waals surface area contributed by atoms with Crippen molar-refractivity contribution < 1.29 is 18.7 Å². The highest BCUT2D eigenvalue weighted by Gasteiger charge is 2.29. The molecule has 0 saturated heterocycles. The van der Waals surface area contributed by atoms with Crippen molar-refractivity contribution >= 4 is 43.6 Å². The van der Waals surface area contributed by atoms with Gasteiger partial charge in [0.15, 0.2) is 0 Å². The normalized spacial score (nSPS) is 11.5. The maximum absolute atomic E-state index is 16.0. The Hall–Kier alpha value is -3.69. The number of esters is 1. The minimum atomic E-state index is -0.411. The first kappa shape index (κ1) is 30.8. The molecule has 5 aromatic rings. The van der Waals surface area contributed by atoms with E-state index in [2.05, 4.69) is 39.2 Å².